The minimum Gasteiger partial charge on any atom is -0.478 e. The van der Waals surface area contributed by atoms with Crippen molar-refractivity contribution < 1.29 is 9.90 Å². The van der Waals surface area contributed by atoms with Crippen LogP contribution in [0.1, 0.15) is 11.1 Å². The number of thioether (sulfide) groups is 1. The molecule has 1 N–H and O–H groups in total. The van der Waals surface area contributed by atoms with Crippen LogP contribution >= 0.6 is 34.4 Å². The van der Waals surface area contributed by atoms with Gasteiger partial charge in [0.25, 0.3) is 0 Å². The standard InChI is InChI=1S/C16H13IO2S/c17-15-8-7-14(10-13(15)6-9-16(18)19)20-11-12-4-2-1-3-5-12/h1-10H,11H2,(H,18,19). The predicted octanol–water partition coefficient (Wildman–Crippen LogP) is 4.68. The van der Waals surface area contributed by atoms with Gasteiger partial charge in [0, 0.05) is 20.3 Å². The molecule has 2 aromatic rings. The van der Waals surface area contributed by atoms with E-state index in [0.29, 0.717) is 0 Å². The van der Waals surface area contributed by atoms with Crippen molar-refractivity contribution in [2.45, 2.75) is 10.6 Å². The molecule has 0 fully saturated rings. The lowest BCUT2D eigenvalue weighted by Crippen LogP contribution is -1.88. The summed E-state index contributed by atoms with van der Waals surface area (Å²) in [5, 5.41) is 8.69. The molecule has 0 aliphatic rings. The monoisotopic (exact) mass is 396 g/mol. The second-order valence-corrected chi connectivity index (χ2v) is 6.34. The minimum atomic E-state index is -0.928. The van der Waals surface area contributed by atoms with E-state index >= 15 is 0 Å². The SMILES string of the molecule is O=C(O)C=Cc1cc(SCc2ccccc2)ccc1I. The maximum Gasteiger partial charge on any atom is 0.328 e. The third-order valence-corrected chi connectivity index (χ3v) is 4.67. The average Bonchev–Trinajstić information content (AvgIpc) is 2.46. The number of benzene rings is 2. The van der Waals surface area contributed by atoms with Crippen LogP contribution in [0.4, 0.5) is 0 Å². The van der Waals surface area contributed by atoms with E-state index in [-0.39, 0.29) is 0 Å². The summed E-state index contributed by atoms with van der Waals surface area (Å²) in [6.07, 6.45) is 2.81. The Balaban J connectivity index is 2.09. The zero-order chi connectivity index (χ0) is 14.4. The summed E-state index contributed by atoms with van der Waals surface area (Å²) < 4.78 is 1.05. The van der Waals surface area contributed by atoms with Gasteiger partial charge in [-0.2, -0.15) is 0 Å². The van der Waals surface area contributed by atoms with Gasteiger partial charge in [-0.05, 0) is 58.0 Å². The Labute approximate surface area is 136 Å². The molecule has 0 aliphatic heterocycles. The largest absolute Gasteiger partial charge is 0.478 e. The van der Waals surface area contributed by atoms with E-state index in [1.807, 2.05) is 30.3 Å². The van der Waals surface area contributed by atoms with E-state index in [1.54, 1.807) is 17.8 Å². The van der Waals surface area contributed by atoms with E-state index in [4.69, 9.17) is 5.11 Å². The number of carboxylic acids is 1. The van der Waals surface area contributed by atoms with Crippen LogP contribution in [-0.4, -0.2) is 11.1 Å². The molecular weight excluding hydrogens is 383 g/mol. The van der Waals surface area contributed by atoms with Crippen molar-refractivity contribution in [2.75, 3.05) is 0 Å². The normalized spacial score (nSPS) is 10.8. The lowest BCUT2D eigenvalue weighted by Gasteiger charge is -2.05. The maximum atomic E-state index is 10.6. The molecule has 102 valence electrons. The number of hydrogen-bond donors (Lipinski definition) is 1. The van der Waals surface area contributed by atoms with E-state index < -0.39 is 5.97 Å². The van der Waals surface area contributed by atoms with Gasteiger partial charge in [0.2, 0.25) is 0 Å². The maximum absolute atomic E-state index is 10.6. The summed E-state index contributed by atoms with van der Waals surface area (Å²) >= 11 is 3.96. The first-order valence-electron chi connectivity index (χ1n) is 6.02. The van der Waals surface area contributed by atoms with Crippen LogP contribution in [0.2, 0.25) is 0 Å². The number of aliphatic carboxylic acids is 1. The zero-order valence-electron chi connectivity index (χ0n) is 10.6. The Kier molecular flexibility index (Phi) is 5.67. The zero-order valence-corrected chi connectivity index (χ0v) is 13.6. The summed E-state index contributed by atoms with van der Waals surface area (Å²) in [4.78, 5) is 11.7. The molecule has 2 nitrogen and oxygen atoms in total. The predicted molar refractivity (Wildman–Crippen MR) is 91.8 cm³/mol. The van der Waals surface area contributed by atoms with E-state index in [0.717, 1.165) is 19.8 Å². The number of carbonyl (C=O) groups is 1. The van der Waals surface area contributed by atoms with Gasteiger partial charge in [0.05, 0.1) is 0 Å². The number of hydrogen-bond acceptors (Lipinski definition) is 2. The molecule has 0 aliphatic carbocycles. The molecule has 0 atom stereocenters. The Morgan fingerprint density at radius 2 is 1.95 bits per heavy atom. The van der Waals surface area contributed by atoms with E-state index in [1.165, 1.54) is 11.6 Å². The highest BCUT2D eigenvalue weighted by Crippen LogP contribution is 2.26. The molecule has 0 saturated heterocycles. The average molecular weight is 396 g/mol. The molecule has 2 rings (SSSR count). The first-order valence-corrected chi connectivity index (χ1v) is 8.09. The van der Waals surface area contributed by atoms with Gasteiger partial charge in [0.1, 0.15) is 0 Å². The molecule has 0 heterocycles. The minimum absolute atomic E-state index is 0.906. The van der Waals surface area contributed by atoms with Crippen LogP contribution < -0.4 is 0 Å². The van der Waals surface area contributed by atoms with Crippen LogP contribution in [0.25, 0.3) is 6.08 Å². The lowest BCUT2D eigenvalue weighted by molar-refractivity contribution is -0.131. The van der Waals surface area contributed by atoms with Crippen LogP contribution in [0, 0.1) is 3.57 Å². The molecule has 20 heavy (non-hydrogen) atoms. The number of carboxylic acid groups (broad SMARTS) is 1. The van der Waals surface area contributed by atoms with Gasteiger partial charge < -0.3 is 5.11 Å². The first kappa shape index (κ1) is 15.1. The van der Waals surface area contributed by atoms with Crippen LogP contribution in [0.15, 0.2) is 59.5 Å². The van der Waals surface area contributed by atoms with Gasteiger partial charge >= 0.3 is 5.97 Å². The Morgan fingerprint density at radius 3 is 2.65 bits per heavy atom. The highest BCUT2D eigenvalue weighted by atomic mass is 127. The molecule has 0 radical (unpaired) electrons. The molecule has 0 unspecified atom stereocenters. The van der Waals surface area contributed by atoms with E-state index in [9.17, 15) is 4.79 Å². The topological polar surface area (TPSA) is 37.3 Å². The highest BCUT2D eigenvalue weighted by Gasteiger charge is 2.01. The fraction of sp³-hybridized carbons (Fsp3) is 0.0625. The first-order chi connectivity index (χ1) is 9.65. The van der Waals surface area contributed by atoms with Crippen molar-refractivity contribution in [3.05, 3.63) is 69.3 Å². The van der Waals surface area contributed by atoms with Crippen molar-refractivity contribution >= 4 is 46.4 Å². The van der Waals surface area contributed by atoms with Gasteiger partial charge in [-0.15, -0.1) is 11.8 Å². The molecule has 0 aromatic heterocycles. The van der Waals surface area contributed by atoms with Crippen LogP contribution in [-0.2, 0) is 10.5 Å². The molecule has 2 aromatic carbocycles. The van der Waals surface area contributed by atoms with Crippen molar-refractivity contribution in [2.24, 2.45) is 0 Å². The molecule has 0 bridgehead atoms. The third-order valence-electron chi connectivity index (χ3n) is 2.62. The van der Waals surface area contributed by atoms with Crippen molar-refractivity contribution in [3.8, 4) is 0 Å². The van der Waals surface area contributed by atoms with Gasteiger partial charge in [-0.1, -0.05) is 30.3 Å². The summed E-state index contributed by atoms with van der Waals surface area (Å²) in [7, 11) is 0. The van der Waals surface area contributed by atoms with Gasteiger partial charge in [-0.3, -0.25) is 0 Å². The number of rotatable bonds is 5. The quantitative estimate of drug-likeness (QED) is 0.453. The Hall–Kier alpha value is -1.27. The fourth-order valence-electron chi connectivity index (χ4n) is 1.64. The van der Waals surface area contributed by atoms with Gasteiger partial charge in [-0.25, -0.2) is 4.79 Å². The summed E-state index contributed by atoms with van der Waals surface area (Å²) in [6.45, 7) is 0. The Morgan fingerprint density at radius 1 is 1.20 bits per heavy atom. The molecular formula is C16H13IO2S. The Bertz CT molecular complexity index is 624. The summed E-state index contributed by atoms with van der Waals surface area (Å²) in [5.74, 6) is -0.0214. The fourth-order valence-corrected chi connectivity index (χ4v) is 3.06. The summed E-state index contributed by atoms with van der Waals surface area (Å²) in [6, 6.07) is 16.4. The second kappa shape index (κ2) is 7.50. The smallest absolute Gasteiger partial charge is 0.328 e. The van der Waals surface area contributed by atoms with Crippen molar-refractivity contribution in [1.29, 1.82) is 0 Å². The van der Waals surface area contributed by atoms with E-state index in [2.05, 4.69) is 40.8 Å². The molecule has 0 spiro atoms. The molecule has 0 amide bonds. The summed E-state index contributed by atoms with van der Waals surface area (Å²) in [5.41, 5.74) is 2.21. The van der Waals surface area contributed by atoms with Crippen LogP contribution in [0.5, 0.6) is 0 Å². The van der Waals surface area contributed by atoms with Crippen molar-refractivity contribution in [1.82, 2.24) is 0 Å². The number of halogens is 1. The highest BCUT2D eigenvalue weighted by molar-refractivity contribution is 14.1. The lowest BCUT2D eigenvalue weighted by atomic mass is 10.2. The van der Waals surface area contributed by atoms with Gasteiger partial charge in [0.15, 0.2) is 0 Å². The van der Waals surface area contributed by atoms with Crippen molar-refractivity contribution in [3.63, 3.8) is 0 Å². The van der Waals surface area contributed by atoms with Crippen LogP contribution in [0.3, 0.4) is 0 Å². The molecule has 0 saturated carbocycles. The molecule has 4 heteroatoms. The second-order valence-electron chi connectivity index (χ2n) is 4.13. The third kappa shape index (κ3) is 4.68.